The molecule has 0 radical (unpaired) electrons. The van der Waals surface area contributed by atoms with Gasteiger partial charge in [0, 0.05) is 11.0 Å². The second-order valence-electron chi connectivity index (χ2n) is 6.64. The molecule has 0 bridgehead atoms. The second kappa shape index (κ2) is 5.68. The minimum atomic E-state index is -0.356. The SMILES string of the molecule is CC(C)(C(=O)NC1COc2ccccc21)C1CCCNC1. The first-order valence-corrected chi connectivity index (χ1v) is 7.82. The smallest absolute Gasteiger partial charge is 0.226 e. The molecule has 1 fully saturated rings. The van der Waals surface area contributed by atoms with E-state index >= 15 is 0 Å². The highest BCUT2D eigenvalue weighted by Crippen LogP contribution is 2.35. The van der Waals surface area contributed by atoms with Gasteiger partial charge < -0.3 is 15.4 Å². The van der Waals surface area contributed by atoms with Crippen molar-refractivity contribution in [3.63, 3.8) is 0 Å². The molecule has 2 aliphatic heterocycles. The van der Waals surface area contributed by atoms with Gasteiger partial charge in [0.2, 0.25) is 5.91 Å². The summed E-state index contributed by atoms with van der Waals surface area (Å²) in [5.74, 6) is 1.41. The van der Waals surface area contributed by atoms with Crippen molar-refractivity contribution in [3.05, 3.63) is 29.8 Å². The third-order valence-corrected chi connectivity index (χ3v) is 4.91. The van der Waals surface area contributed by atoms with Gasteiger partial charge in [-0.3, -0.25) is 4.79 Å². The summed E-state index contributed by atoms with van der Waals surface area (Å²) in [7, 11) is 0. The van der Waals surface area contributed by atoms with Crippen molar-refractivity contribution in [1.29, 1.82) is 0 Å². The molecule has 1 amide bonds. The highest BCUT2D eigenvalue weighted by atomic mass is 16.5. The van der Waals surface area contributed by atoms with Gasteiger partial charge in [0.05, 0.1) is 6.04 Å². The van der Waals surface area contributed by atoms with E-state index in [-0.39, 0.29) is 17.4 Å². The number of para-hydroxylation sites is 1. The molecule has 2 atom stereocenters. The summed E-state index contributed by atoms with van der Waals surface area (Å²) in [5, 5.41) is 6.58. The number of ether oxygens (including phenoxy) is 1. The van der Waals surface area contributed by atoms with E-state index in [0.29, 0.717) is 12.5 Å². The Hall–Kier alpha value is -1.55. The molecular formula is C17H24N2O2. The number of rotatable bonds is 3. The van der Waals surface area contributed by atoms with Gasteiger partial charge >= 0.3 is 0 Å². The summed E-state index contributed by atoms with van der Waals surface area (Å²) in [6.45, 7) is 6.64. The normalized spacial score (nSPS) is 25.0. The molecule has 114 valence electrons. The first-order chi connectivity index (χ1) is 10.1. The van der Waals surface area contributed by atoms with Gasteiger partial charge in [-0.15, -0.1) is 0 Å². The van der Waals surface area contributed by atoms with Crippen LogP contribution in [0.1, 0.15) is 38.3 Å². The topological polar surface area (TPSA) is 50.4 Å². The van der Waals surface area contributed by atoms with Crippen molar-refractivity contribution in [2.75, 3.05) is 19.7 Å². The number of carbonyl (C=O) groups is 1. The van der Waals surface area contributed by atoms with Crippen LogP contribution in [0.15, 0.2) is 24.3 Å². The van der Waals surface area contributed by atoms with Gasteiger partial charge in [-0.2, -0.15) is 0 Å². The second-order valence-corrected chi connectivity index (χ2v) is 6.64. The highest BCUT2D eigenvalue weighted by Gasteiger charge is 2.39. The third kappa shape index (κ3) is 2.77. The fraction of sp³-hybridized carbons (Fsp3) is 0.588. The summed E-state index contributed by atoms with van der Waals surface area (Å²) < 4.78 is 5.64. The fourth-order valence-electron chi connectivity index (χ4n) is 3.28. The molecular weight excluding hydrogens is 264 g/mol. The van der Waals surface area contributed by atoms with E-state index in [2.05, 4.69) is 24.5 Å². The van der Waals surface area contributed by atoms with E-state index in [1.54, 1.807) is 0 Å². The molecule has 0 aromatic heterocycles. The molecule has 2 unspecified atom stereocenters. The van der Waals surface area contributed by atoms with Crippen LogP contribution in [0.3, 0.4) is 0 Å². The molecule has 4 heteroatoms. The summed E-state index contributed by atoms with van der Waals surface area (Å²) in [6, 6.07) is 7.91. The number of piperidine rings is 1. The number of hydrogen-bond donors (Lipinski definition) is 2. The standard InChI is InChI=1S/C17H24N2O2/c1-17(2,12-6-5-9-18-10-12)16(20)19-14-11-21-15-8-4-3-7-13(14)15/h3-4,7-8,12,14,18H,5-6,9-11H2,1-2H3,(H,19,20). The van der Waals surface area contributed by atoms with Crippen molar-refractivity contribution in [3.8, 4) is 5.75 Å². The molecule has 1 aromatic carbocycles. The molecule has 21 heavy (non-hydrogen) atoms. The molecule has 2 aliphatic rings. The lowest BCUT2D eigenvalue weighted by Gasteiger charge is -2.36. The quantitative estimate of drug-likeness (QED) is 0.897. The van der Waals surface area contributed by atoms with Crippen molar-refractivity contribution < 1.29 is 9.53 Å². The van der Waals surface area contributed by atoms with Crippen LogP contribution in [0.25, 0.3) is 0 Å². The van der Waals surface area contributed by atoms with E-state index in [1.807, 2.05) is 24.3 Å². The minimum Gasteiger partial charge on any atom is -0.491 e. The first kappa shape index (κ1) is 14.4. The molecule has 0 spiro atoms. The van der Waals surface area contributed by atoms with E-state index in [9.17, 15) is 4.79 Å². The summed E-state index contributed by atoms with van der Waals surface area (Å²) in [6.07, 6.45) is 2.27. The van der Waals surface area contributed by atoms with Crippen molar-refractivity contribution in [2.24, 2.45) is 11.3 Å². The number of carbonyl (C=O) groups excluding carboxylic acids is 1. The van der Waals surface area contributed by atoms with E-state index in [1.165, 1.54) is 0 Å². The van der Waals surface area contributed by atoms with Gasteiger partial charge in [-0.05, 0) is 37.9 Å². The summed E-state index contributed by atoms with van der Waals surface area (Å²) in [5.41, 5.74) is 0.730. The van der Waals surface area contributed by atoms with Crippen LogP contribution in [0, 0.1) is 11.3 Å². The number of fused-ring (bicyclic) bond motifs is 1. The van der Waals surface area contributed by atoms with Crippen LogP contribution < -0.4 is 15.4 Å². The van der Waals surface area contributed by atoms with Crippen LogP contribution in [0.4, 0.5) is 0 Å². The Labute approximate surface area is 126 Å². The largest absolute Gasteiger partial charge is 0.491 e. The van der Waals surface area contributed by atoms with E-state index in [0.717, 1.165) is 37.2 Å². The lowest BCUT2D eigenvalue weighted by molar-refractivity contribution is -0.133. The molecule has 0 aliphatic carbocycles. The Balaban J connectivity index is 1.69. The van der Waals surface area contributed by atoms with Gasteiger partial charge in [-0.25, -0.2) is 0 Å². The van der Waals surface area contributed by atoms with Crippen molar-refractivity contribution in [2.45, 2.75) is 32.7 Å². The van der Waals surface area contributed by atoms with Crippen molar-refractivity contribution in [1.82, 2.24) is 10.6 Å². The Bertz CT molecular complexity index is 521. The fourth-order valence-corrected chi connectivity index (χ4v) is 3.28. The summed E-state index contributed by atoms with van der Waals surface area (Å²) in [4.78, 5) is 12.7. The van der Waals surface area contributed by atoms with Gasteiger partial charge in [0.15, 0.2) is 0 Å². The van der Waals surface area contributed by atoms with Crippen LogP contribution in [-0.2, 0) is 4.79 Å². The highest BCUT2D eigenvalue weighted by molar-refractivity contribution is 5.82. The van der Waals surface area contributed by atoms with Gasteiger partial charge in [-0.1, -0.05) is 32.0 Å². The van der Waals surface area contributed by atoms with Gasteiger partial charge in [0.1, 0.15) is 12.4 Å². The molecule has 2 N–H and O–H groups in total. The Kier molecular flexibility index (Phi) is 3.89. The maximum atomic E-state index is 12.7. The lowest BCUT2D eigenvalue weighted by Crippen LogP contribution is -2.48. The number of hydrogen-bond acceptors (Lipinski definition) is 3. The number of amides is 1. The average Bonchev–Trinajstić information content (AvgIpc) is 2.91. The third-order valence-electron chi connectivity index (χ3n) is 4.91. The van der Waals surface area contributed by atoms with Crippen LogP contribution >= 0.6 is 0 Å². The zero-order valence-electron chi connectivity index (χ0n) is 12.8. The van der Waals surface area contributed by atoms with Crippen LogP contribution in [0.2, 0.25) is 0 Å². The predicted molar refractivity (Wildman–Crippen MR) is 82.2 cm³/mol. The van der Waals surface area contributed by atoms with E-state index in [4.69, 9.17) is 4.74 Å². The van der Waals surface area contributed by atoms with E-state index < -0.39 is 0 Å². The van der Waals surface area contributed by atoms with Crippen LogP contribution in [0.5, 0.6) is 5.75 Å². The monoisotopic (exact) mass is 288 g/mol. The Morgan fingerprint density at radius 1 is 1.38 bits per heavy atom. The molecule has 0 saturated carbocycles. The minimum absolute atomic E-state index is 0.0236. The molecule has 1 aromatic rings. The van der Waals surface area contributed by atoms with Crippen molar-refractivity contribution >= 4 is 5.91 Å². The molecule has 2 heterocycles. The number of nitrogens with one attached hydrogen (secondary N) is 2. The predicted octanol–water partition coefficient (Wildman–Crippen LogP) is 2.26. The first-order valence-electron chi connectivity index (χ1n) is 7.82. The Morgan fingerprint density at radius 2 is 2.19 bits per heavy atom. The van der Waals surface area contributed by atoms with Crippen LogP contribution in [-0.4, -0.2) is 25.6 Å². The molecule has 4 nitrogen and oxygen atoms in total. The maximum Gasteiger partial charge on any atom is 0.226 e. The zero-order valence-corrected chi connectivity index (χ0v) is 12.8. The number of benzene rings is 1. The lowest BCUT2D eigenvalue weighted by atomic mass is 9.74. The van der Waals surface area contributed by atoms with Gasteiger partial charge in [0.25, 0.3) is 0 Å². The Morgan fingerprint density at radius 3 is 2.95 bits per heavy atom. The summed E-state index contributed by atoms with van der Waals surface area (Å²) >= 11 is 0. The average molecular weight is 288 g/mol. The maximum absolute atomic E-state index is 12.7. The zero-order chi connectivity index (χ0) is 14.9. The molecule has 3 rings (SSSR count). The molecule has 1 saturated heterocycles.